The Morgan fingerprint density at radius 1 is 1.00 bits per heavy atom. The molecule has 166 valence electrons. The fourth-order valence-electron chi connectivity index (χ4n) is 2.93. The van der Waals surface area contributed by atoms with E-state index in [0.29, 0.717) is 29.5 Å². The van der Waals surface area contributed by atoms with Crippen molar-refractivity contribution < 1.29 is 18.8 Å². The number of rotatable bonds is 8. The van der Waals surface area contributed by atoms with Crippen LogP contribution in [-0.2, 0) is 22.6 Å². The Bertz CT molecular complexity index is 1210. The molecule has 4 aromatic rings. The van der Waals surface area contributed by atoms with Gasteiger partial charge in [0.2, 0.25) is 17.6 Å². The van der Waals surface area contributed by atoms with Crippen LogP contribution in [0.2, 0.25) is 0 Å². The third-order valence-corrected chi connectivity index (χ3v) is 4.50. The molecule has 33 heavy (non-hydrogen) atoms. The maximum atomic E-state index is 12.3. The van der Waals surface area contributed by atoms with Gasteiger partial charge in [0.15, 0.2) is 0 Å². The minimum Gasteiger partial charge on any atom is -0.445 e. The highest BCUT2D eigenvalue weighted by Gasteiger charge is 2.14. The Morgan fingerprint density at radius 3 is 2.64 bits per heavy atom. The lowest BCUT2D eigenvalue weighted by Gasteiger charge is -2.11. The summed E-state index contributed by atoms with van der Waals surface area (Å²) < 4.78 is 10.4. The lowest BCUT2D eigenvalue weighted by molar-refractivity contribution is -0.115. The average molecular weight is 444 g/mol. The molecule has 0 fully saturated rings. The number of aromatic nitrogens is 4. The highest BCUT2D eigenvalue weighted by molar-refractivity contribution is 5.94. The molecule has 0 saturated heterocycles. The number of anilines is 1. The molecular formula is C23H20N6O4. The molecule has 0 aliphatic heterocycles. The molecule has 0 unspecified atom stereocenters. The van der Waals surface area contributed by atoms with Crippen molar-refractivity contribution in [1.82, 2.24) is 25.4 Å². The molecule has 10 heteroatoms. The summed E-state index contributed by atoms with van der Waals surface area (Å²) in [5.41, 5.74) is 2.70. The maximum Gasteiger partial charge on any atom is 0.407 e. The van der Waals surface area contributed by atoms with Crippen molar-refractivity contribution in [3.05, 3.63) is 90.2 Å². The summed E-state index contributed by atoms with van der Waals surface area (Å²) in [5.74, 6) is 0.294. The molecule has 0 aliphatic rings. The quantitative estimate of drug-likeness (QED) is 0.424. The van der Waals surface area contributed by atoms with Crippen LogP contribution < -0.4 is 10.6 Å². The van der Waals surface area contributed by atoms with E-state index < -0.39 is 12.0 Å². The largest absolute Gasteiger partial charge is 0.445 e. The predicted molar refractivity (Wildman–Crippen MR) is 118 cm³/mol. The van der Waals surface area contributed by atoms with Crippen molar-refractivity contribution in [2.45, 2.75) is 13.0 Å². The molecule has 2 amide bonds. The summed E-state index contributed by atoms with van der Waals surface area (Å²) in [6.07, 6.45) is 4.27. The molecule has 0 spiro atoms. The van der Waals surface area contributed by atoms with Gasteiger partial charge in [-0.25, -0.2) is 9.78 Å². The predicted octanol–water partition coefficient (Wildman–Crippen LogP) is 2.98. The Balaban J connectivity index is 1.30. The van der Waals surface area contributed by atoms with E-state index in [1.165, 1.54) is 0 Å². The zero-order chi connectivity index (χ0) is 22.9. The molecule has 2 aromatic heterocycles. The summed E-state index contributed by atoms with van der Waals surface area (Å²) in [6.45, 7) is -0.114. The molecule has 0 aliphatic carbocycles. The van der Waals surface area contributed by atoms with Crippen molar-refractivity contribution in [1.29, 1.82) is 0 Å². The molecular weight excluding hydrogens is 424 g/mol. The number of amides is 2. The average Bonchev–Trinajstić information content (AvgIpc) is 3.32. The van der Waals surface area contributed by atoms with Gasteiger partial charge in [0.25, 0.3) is 0 Å². The van der Waals surface area contributed by atoms with Crippen LogP contribution in [0.4, 0.5) is 10.5 Å². The van der Waals surface area contributed by atoms with Gasteiger partial charge in [0.1, 0.15) is 18.8 Å². The van der Waals surface area contributed by atoms with E-state index in [1.54, 1.807) is 30.7 Å². The summed E-state index contributed by atoms with van der Waals surface area (Å²) in [5, 5.41) is 9.14. The van der Waals surface area contributed by atoms with Gasteiger partial charge in [-0.15, -0.1) is 0 Å². The fraction of sp³-hybridized carbons (Fsp3) is 0.130. The number of carbonyl (C=O) groups excluding carboxylic acids is 2. The summed E-state index contributed by atoms with van der Waals surface area (Å²) in [7, 11) is 0. The van der Waals surface area contributed by atoms with Gasteiger partial charge in [-0.3, -0.25) is 9.78 Å². The first-order valence-corrected chi connectivity index (χ1v) is 10.1. The Kier molecular flexibility index (Phi) is 6.96. The topological polar surface area (TPSA) is 132 Å². The van der Waals surface area contributed by atoms with Crippen LogP contribution in [0.15, 0.2) is 77.7 Å². The molecule has 2 N–H and O–H groups in total. The minimum absolute atomic E-state index is 0.123. The SMILES string of the molecule is O=C(CNC(=O)OCc1ccccc1)Nc1ccccc1Cc1nc(-c2cnccn2)no1. The second-order valence-electron chi connectivity index (χ2n) is 6.90. The zero-order valence-electron chi connectivity index (χ0n) is 17.5. The van der Waals surface area contributed by atoms with Gasteiger partial charge in [0.05, 0.1) is 12.6 Å². The number of nitrogens with one attached hydrogen (secondary N) is 2. The Morgan fingerprint density at radius 2 is 1.82 bits per heavy atom. The Hall–Kier alpha value is -4.60. The summed E-state index contributed by atoms with van der Waals surface area (Å²) in [6, 6.07) is 16.5. The number of alkyl carbamates (subject to hydrolysis) is 1. The van der Waals surface area contributed by atoms with Gasteiger partial charge in [-0.2, -0.15) is 4.98 Å². The van der Waals surface area contributed by atoms with Crippen LogP contribution in [-0.4, -0.2) is 38.7 Å². The Labute approximate surface area is 189 Å². The van der Waals surface area contributed by atoms with E-state index in [4.69, 9.17) is 9.26 Å². The molecule has 2 heterocycles. The smallest absolute Gasteiger partial charge is 0.407 e. The van der Waals surface area contributed by atoms with Crippen molar-refractivity contribution >= 4 is 17.7 Å². The van der Waals surface area contributed by atoms with E-state index in [2.05, 4.69) is 30.7 Å². The highest BCUT2D eigenvalue weighted by atomic mass is 16.5. The lowest BCUT2D eigenvalue weighted by atomic mass is 10.1. The lowest BCUT2D eigenvalue weighted by Crippen LogP contribution is -2.33. The number of para-hydroxylation sites is 1. The van der Waals surface area contributed by atoms with E-state index >= 15 is 0 Å². The zero-order valence-corrected chi connectivity index (χ0v) is 17.5. The number of nitrogens with zero attached hydrogens (tertiary/aromatic N) is 4. The molecule has 0 bridgehead atoms. The third kappa shape index (κ3) is 6.20. The minimum atomic E-state index is -0.676. The molecule has 10 nitrogen and oxygen atoms in total. The summed E-state index contributed by atoms with van der Waals surface area (Å²) >= 11 is 0. The van der Waals surface area contributed by atoms with Gasteiger partial charge >= 0.3 is 6.09 Å². The van der Waals surface area contributed by atoms with Crippen molar-refractivity contribution in [2.75, 3.05) is 11.9 Å². The number of hydrogen-bond donors (Lipinski definition) is 2. The number of hydrogen-bond acceptors (Lipinski definition) is 8. The molecule has 2 aromatic carbocycles. The van der Waals surface area contributed by atoms with E-state index in [0.717, 1.165) is 11.1 Å². The van der Waals surface area contributed by atoms with Crippen LogP contribution in [0.25, 0.3) is 11.5 Å². The standard InChI is InChI=1S/C23H20N6O4/c30-20(14-26-23(31)32-15-16-6-2-1-3-7-16)27-18-9-5-4-8-17(18)12-21-28-22(29-33-21)19-13-24-10-11-25-19/h1-11,13H,12,14-15H2,(H,26,31)(H,27,30). The fourth-order valence-corrected chi connectivity index (χ4v) is 2.93. The monoisotopic (exact) mass is 444 g/mol. The van der Waals surface area contributed by atoms with Crippen LogP contribution in [0.1, 0.15) is 17.0 Å². The first-order valence-electron chi connectivity index (χ1n) is 10.1. The molecule has 4 rings (SSSR count). The first kappa shape index (κ1) is 21.6. The molecule has 0 radical (unpaired) electrons. The van der Waals surface area contributed by atoms with Crippen molar-refractivity contribution in [3.63, 3.8) is 0 Å². The normalized spacial score (nSPS) is 10.4. The second kappa shape index (κ2) is 10.6. The number of ether oxygens (including phenoxy) is 1. The van der Waals surface area contributed by atoms with Crippen molar-refractivity contribution in [2.24, 2.45) is 0 Å². The first-order chi connectivity index (χ1) is 16.2. The maximum absolute atomic E-state index is 12.3. The van der Waals surface area contributed by atoms with Crippen LogP contribution >= 0.6 is 0 Å². The van der Waals surface area contributed by atoms with E-state index in [1.807, 2.05) is 42.5 Å². The number of carbonyl (C=O) groups is 2. The third-order valence-electron chi connectivity index (χ3n) is 4.50. The second-order valence-corrected chi connectivity index (χ2v) is 6.90. The molecule has 0 atom stereocenters. The van der Waals surface area contributed by atoms with E-state index in [9.17, 15) is 9.59 Å². The van der Waals surface area contributed by atoms with Crippen LogP contribution in [0.3, 0.4) is 0 Å². The number of benzene rings is 2. The van der Waals surface area contributed by atoms with E-state index in [-0.39, 0.29) is 13.2 Å². The van der Waals surface area contributed by atoms with Gasteiger partial charge in [-0.1, -0.05) is 53.7 Å². The molecule has 0 saturated carbocycles. The van der Waals surface area contributed by atoms with Gasteiger partial charge in [0, 0.05) is 18.1 Å². The van der Waals surface area contributed by atoms with Gasteiger partial charge in [-0.05, 0) is 17.2 Å². The van der Waals surface area contributed by atoms with Gasteiger partial charge < -0.3 is 19.9 Å². The summed E-state index contributed by atoms with van der Waals surface area (Å²) in [4.78, 5) is 36.7. The van der Waals surface area contributed by atoms with Crippen LogP contribution in [0, 0.1) is 0 Å². The van der Waals surface area contributed by atoms with Crippen LogP contribution in [0.5, 0.6) is 0 Å². The van der Waals surface area contributed by atoms with Crippen molar-refractivity contribution in [3.8, 4) is 11.5 Å². The highest BCUT2D eigenvalue weighted by Crippen LogP contribution is 2.20.